The highest BCUT2D eigenvalue weighted by Crippen LogP contribution is 2.52. The van der Waals surface area contributed by atoms with Crippen molar-refractivity contribution in [1.82, 2.24) is 0 Å². The number of aryl methyl sites for hydroxylation is 2. The predicted octanol–water partition coefficient (Wildman–Crippen LogP) is 8.05. The van der Waals surface area contributed by atoms with Crippen molar-refractivity contribution in [2.45, 2.75) is 112 Å². The number of benzene rings is 1. The highest BCUT2D eigenvalue weighted by Gasteiger charge is 2.39. The third-order valence-corrected chi connectivity index (χ3v) is 6.47. The molecule has 1 saturated carbocycles. The first kappa shape index (κ1) is 20.5. The fraction of sp³-hybridized carbons (Fsp3) is 0.760. The maximum Gasteiger partial charge on any atom is -0.0274 e. The van der Waals surface area contributed by atoms with Gasteiger partial charge in [0, 0.05) is 0 Å². The minimum atomic E-state index is 0.479. The van der Waals surface area contributed by atoms with E-state index >= 15 is 0 Å². The highest BCUT2D eigenvalue weighted by molar-refractivity contribution is 5.34. The molecule has 0 aromatic heterocycles. The molecule has 0 N–H and O–H groups in total. The van der Waals surface area contributed by atoms with Gasteiger partial charge in [0.1, 0.15) is 0 Å². The number of hydrogen-bond donors (Lipinski definition) is 0. The average molecular weight is 343 g/mol. The fourth-order valence-corrected chi connectivity index (χ4v) is 4.26. The fourth-order valence-electron chi connectivity index (χ4n) is 4.26. The summed E-state index contributed by atoms with van der Waals surface area (Å²) >= 11 is 0. The zero-order chi connectivity index (χ0) is 18.3. The summed E-state index contributed by atoms with van der Waals surface area (Å²) in [6.45, 7) is 11.8. The van der Waals surface area contributed by atoms with E-state index in [1.165, 1.54) is 82.6 Å². The topological polar surface area (TPSA) is 0 Å². The van der Waals surface area contributed by atoms with Crippen LogP contribution in [0.25, 0.3) is 0 Å². The lowest BCUT2D eigenvalue weighted by Gasteiger charge is -2.18. The summed E-state index contributed by atoms with van der Waals surface area (Å²) in [5.74, 6) is 0. The summed E-state index contributed by atoms with van der Waals surface area (Å²) in [5, 5.41) is 0. The first-order valence-corrected chi connectivity index (χ1v) is 10.9. The van der Waals surface area contributed by atoms with Crippen LogP contribution in [0, 0.1) is 17.8 Å². The molecule has 0 unspecified atom stereocenters. The van der Waals surface area contributed by atoms with Gasteiger partial charge in [-0.05, 0) is 85.8 Å². The Morgan fingerprint density at radius 1 is 0.920 bits per heavy atom. The number of unbranched alkanes of at least 4 members (excludes halogenated alkanes) is 3. The first-order chi connectivity index (χ1) is 11.9. The molecule has 0 nitrogen and oxygen atoms in total. The van der Waals surface area contributed by atoms with E-state index < -0.39 is 0 Å². The van der Waals surface area contributed by atoms with Crippen LogP contribution in [0.1, 0.15) is 109 Å². The first-order valence-electron chi connectivity index (χ1n) is 10.9. The molecule has 0 amide bonds. The van der Waals surface area contributed by atoms with Crippen LogP contribution in [0.2, 0.25) is 0 Å². The van der Waals surface area contributed by atoms with E-state index in [4.69, 9.17) is 0 Å². The van der Waals surface area contributed by atoms with E-state index in [1.54, 1.807) is 11.1 Å². The maximum absolute atomic E-state index is 2.38. The summed E-state index contributed by atoms with van der Waals surface area (Å²) in [7, 11) is 0. The summed E-state index contributed by atoms with van der Waals surface area (Å²) in [6, 6.07) is 6.95. The summed E-state index contributed by atoms with van der Waals surface area (Å²) in [6.07, 6.45) is 16.7. The van der Waals surface area contributed by atoms with Gasteiger partial charge >= 0.3 is 0 Å². The highest BCUT2D eigenvalue weighted by atomic mass is 14.4. The number of hydrogen-bond acceptors (Lipinski definition) is 0. The Bertz CT molecular complexity index is 513. The molecule has 0 bridgehead atoms. The summed E-state index contributed by atoms with van der Waals surface area (Å²) in [5.41, 5.74) is 6.06. The van der Waals surface area contributed by atoms with Crippen molar-refractivity contribution in [3.63, 3.8) is 0 Å². The van der Waals surface area contributed by atoms with E-state index in [0.29, 0.717) is 5.41 Å². The monoisotopic (exact) mass is 342 g/mol. The lowest BCUT2D eigenvalue weighted by atomic mass is 9.88. The van der Waals surface area contributed by atoms with Crippen LogP contribution in [-0.2, 0) is 12.8 Å². The molecule has 1 aliphatic carbocycles. The molecule has 0 atom stereocenters. The minimum absolute atomic E-state index is 0.479. The Morgan fingerprint density at radius 2 is 1.64 bits per heavy atom. The maximum atomic E-state index is 2.38. The Balaban J connectivity index is 1.75. The normalized spacial score (nSPS) is 16.2. The molecule has 2 rings (SSSR count). The molecule has 1 aromatic rings. The molecule has 0 spiro atoms. The Labute approximate surface area is 157 Å². The molecule has 1 aromatic carbocycles. The summed E-state index contributed by atoms with van der Waals surface area (Å²) < 4.78 is 0. The molecule has 0 saturated heterocycles. The molecule has 0 aliphatic heterocycles. The molecule has 25 heavy (non-hydrogen) atoms. The lowest BCUT2D eigenvalue weighted by Crippen LogP contribution is -2.05. The van der Waals surface area contributed by atoms with Gasteiger partial charge in [-0.2, -0.15) is 0 Å². The standard InChI is InChI=1S/C25H42/c1-6-25(19-20-25)18-10-7-8-16-23-21(2)13-12-15-22(23)14-9-11-17-24(3,4)5/h12-13,15H,6-11,14,16-20H2,1-5H3. The van der Waals surface area contributed by atoms with Crippen LogP contribution in [-0.4, -0.2) is 0 Å². The van der Waals surface area contributed by atoms with Crippen molar-refractivity contribution in [2.24, 2.45) is 10.8 Å². The molecule has 0 heterocycles. The Kier molecular flexibility index (Phi) is 7.59. The van der Waals surface area contributed by atoms with E-state index in [2.05, 4.69) is 52.8 Å². The molecular weight excluding hydrogens is 300 g/mol. The Hall–Kier alpha value is -0.780. The van der Waals surface area contributed by atoms with Crippen LogP contribution in [0.5, 0.6) is 0 Å². The quantitative estimate of drug-likeness (QED) is 0.357. The van der Waals surface area contributed by atoms with Gasteiger partial charge in [0.25, 0.3) is 0 Å². The minimum Gasteiger partial charge on any atom is -0.0649 e. The van der Waals surface area contributed by atoms with Crippen molar-refractivity contribution in [2.75, 3.05) is 0 Å². The van der Waals surface area contributed by atoms with Crippen molar-refractivity contribution in [3.05, 3.63) is 34.9 Å². The van der Waals surface area contributed by atoms with Gasteiger partial charge in [0.15, 0.2) is 0 Å². The van der Waals surface area contributed by atoms with Crippen LogP contribution in [0.15, 0.2) is 18.2 Å². The molecule has 1 aliphatic rings. The zero-order valence-corrected chi connectivity index (χ0v) is 17.7. The van der Waals surface area contributed by atoms with Gasteiger partial charge in [-0.3, -0.25) is 0 Å². The van der Waals surface area contributed by atoms with Crippen LogP contribution < -0.4 is 0 Å². The van der Waals surface area contributed by atoms with Crippen molar-refractivity contribution < 1.29 is 0 Å². The Morgan fingerprint density at radius 3 is 2.28 bits per heavy atom. The SMILES string of the molecule is CCC1(CCCCCc2c(C)cccc2CCCCC(C)(C)C)CC1. The van der Waals surface area contributed by atoms with Gasteiger partial charge in [0.2, 0.25) is 0 Å². The van der Waals surface area contributed by atoms with E-state index in [9.17, 15) is 0 Å². The van der Waals surface area contributed by atoms with Crippen molar-refractivity contribution >= 4 is 0 Å². The van der Waals surface area contributed by atoms with Crippen LogP contribution >= 0.6 is 0 Å². The molecule has 1 fully saturated rings. The molecular formula is C25H42. The van der Waals surface area contributed by atoms with Gasteiger partial charge in [-0.1, -0.05) is 71.6 Å². The summed E-state index contributed by atoms with van der Waals surface area (Å²) in [4.78, 5) is 0. The van der Waals surface area contributed by atoms with E-state index in [0.717, 1.165) is 5.41 Å². The largest absolute Gasteiger partial charge is 0.0649 e. The van der Waals surface area contributed by atoms with E-state index in [-0.39, 0.29) is 0 Å². The second-order valence-electron chi connectivity index (χ2n) is 9.89. The zero-order valence-electron chi connectivity index (χ0n) is 17.7. The predicted molar refractivity (Wildman–Crippen MR) is 112 cm³/mol. The smallest absolute Gasteiger partial charge is 0.0274 e. The molecule has 0 radical (unpaired) electrons. The van der Waals surface area contributed by atoms with Crippen molar-refractivity contribution in [3.8, 4) is 0 Å². The second-order valence-corrected chi connectivity index (χ2v) is 9.89. The molecule has 0 heteroatoms. The van der Waals surface area contributed by atoms with E-state index in [1.807, 2.05) is 0 Å². The van der Waals surface area contributed by atoms with Crippen molar-refractivity contribution in [1.29, 1.82) is 0 Å². The third-order valence-electron chi connectivity index (χ3n) is 6.47. The van der Waals surface area contributed by atoms with Gasteiger partial charge in [0.05, 0.1) is 0 Å². The second kappa shape index (κ2) is 9.24. The van der Waals surface area contributed by atoms with Gasteiger partial charge < -0.3 is 0 Å². The van der Waals surface area contributed by atoms with Gasteiger partial charge in [-0.25, -0.2) is 0 Å². The molecule has 142 valence electrons. The van der Waals surface area contributed by atoms with Crippen LogP contribution in [0.4, 0.5) is 0 Å². The number of rotatable bonds is 11. The van der Waals surface area contributed by atoms with Crippen LogP contribution in [0.3, 0.4) is 0 Å². The van der Waals surface area contributed by atoms with Gasteiger partial charge in [-0.15, -0.1) is 0 Å². The third kappa shape index (κ3) is 7.16. The lowest BCUT2D eigenvalue weighted by molar-refractivity contribution is 0.360. The average Bonchev–Trinajstić information content (AvgIpc) is 3.33.